The van der Waals surface area contributed by atoms with E-state index < -0.39 is 0 Å². The number of ketones is 1. The van der Waals surface area contributed by atoms with E-state index in [1.54, 1.807) is 0 Å². The zero-order chi connectivity index (χ0) is 14.8. The Morgan fingerprint density at radius 2 is 2.00 bits per heavy atom. The summed E-state index contributed by atoms with van der Waals surface area (Å²) >= 11 is 0. The van der Waals surface area contributed by atoms with Crippen LogP contribution in [0.25, 0.3) is 0 Å². The zero-order valence-corrected chi connectivity index (χ0v) is 13.1. The van der Waals surface area contributed by atoms with E-state index in [9.17, 15) is 4.79 Å². The summed E-state index contributed by atoms with van der Waals surface area (Å²) in [6.07, 6.45) is 3.60. The first kappa shape index (κ1) is 15.2. The molecular formula is C18H26O2. The molecule has 1 fully saturated rings. The van der Waals surface area contributed by atoms with E-state index in [4.69, 9.17) is 4.74 Å². The molecule has 1 aliphatic carbocycles. The molecule has 0 amide bonds. The van der Waals surface area contributed by atoms with Gasteiger partial charge in [0.15, 0.2) is 5.78 Å². The largest absolute Gasteiger partial charge is 0.370 e. The quantitative estimate of drug-likeness (QED) is 0.760. The second-order valence-electron chi connectivity index (χ2n) is 7.08. The molecule has 2 nitrogen and oxygen atoms in total. The van der Waals surface area contributed by atoms with Crippen molar-refractivity contribution in [3.8, 4) is 0 Å². The molecule has 0 radical (unpaired) electrons. The number of ether oxygens (including phenoxy) is 1. The second kappa shape index (κ2) is 6.09. The molecule has 1 aliphatic rings. The highest BCUT2D eigenvalue weighted by atomic mass is 16.5. The Hall–Kier alpha value is -1.15. The van der Waals surface area contributed by atoms with E-state index in [1.807, 2.05) is 31.2 Å². The van der Waals surface area contributed by atoms with Crippen LogP contribution in [0.2, 0.25) is 0 Å². The highest BCUT2D eigenvalue weighted by Gasteiger charge is 2.32. The Bertz CT molecular complexity index is 476. The third-order valence-corrected chi connectivity index (χ3v) is 4.24. The lowest BCUT2D eigenvalue weighted by molar-refractivity contribution is -0.0167. The first-order valence-electron chi connectivity index (χ1n) is 7.58. The average Bonchev–Trinajstić information content (AvgIpc) is 2.34. The smallest absolute Gasteiger partial charge is 0.188 e. The van der Waals surface area contributed by atoms with Gasteiger partial charge in [0.1, 0.15) is 6.61 Å². The molecule has 0 heterocycles. The van der Waals surface area contributed by atoms with Crippen LogP contribution >= 0.6 is 0 Å². The lowest BCUT2D eigenvalue weighted by Gasteiger charge is -2.38. The van der Waals surface area contributed by atoms with Crippen molar-refractivity contribution in [2.75, 3.05) is 6.61 Å². The number of rotatable bonds is 4. The van der Waals surface area contributed by atoms with Crippen LogP contribution in [-0.2, 0) is 4.74 Å². The van der Waals surface area contributed by atoms with Crippen molar-refractivity contribution in [1.82, 2.24) is 0 Å². The molecule has 2 atom stereocenters. The summed E-state index contributed by atoms with van der Waals surface area (Å²) in [4.78, 5) is 12.2. The van der Waals surface area contributed by atoms with Gasteiger partial charge in [-0.3, -0.25) is 4.79 Å². The molecule has 0 N–H and O–H groups in total. The number of carbonyl (C=O) groups excluding carboxylic acids is 1. The summed E-state index contributed by atoms with van der Waals surface area (Å²) < 4.78 is 5.91. The van der Waals surface area contributed by atoms with Gasteiger partial charge in [0, 0.05) is 5.56 Å². The first-order chi connectivity index (χ1) is 9.37. The topological polar surface area (TPSA) is 26.3 Å². The van der Waals surface area contributed by atoms with Gasteiger partial charge in [0.25, 0.3) is 0 Å². The molecule has 2 rings (SSSR count). The maximum absolute atomic E-state index is 12.2. The molecule has 0 spiro atoms. The van der Waals surface area contributed by atoms with Crippen LogP contribution in [-0.4, -0.2) is 18.5 Å². The van der Waals surface area contributed by atoms with Crippen LogP contribution < -0.4 is 0 Å². The number of hydrogen-bond donors (Lipinski definition) is 0. The maximum Gasteiger partial charge on any atom is 0.188 e. The predicted molar refractivity (Wildman–Crippen MR) is 82.0 cm³/mol. The molecule has 0 bridgehead atoms. The van der Waals surface area contributed by atoms with Crippen LogP contribution in [0.3, 0.4) is 0 Å². The van der Waals surface area contributed by atoms with E-state index in [-0.39, 0.29) is 18.5 Å². The van der Waals surface area contributed by atoms with Gasteiger partial charge < -0.3 is 4.74 Å². The predicted octanol–water partition coefficient (Wildman–Crippen LogP) is 4.41. The van der Waals surface area contributed by atoms with Crippen LogP contribution in [0.1, 0.15) is 56.0 Å². The summed E-state index contributed by atoms with van der Waals surface area (Å²) in [5.41, 5.74) is 2.14. The van der Waals surface area contributed by atoms with Crippen LogP contribution in [0, 0.1) is 18.3 Å². The van der Waals surface area contributed by atoms with Crippen molar-refractivity contribution in [3.63, 3.8) is 0 Å². The van der Waals surface area contributed by atoms with E-state index in [0.29, 0.717) is 11.3 Å². The molecule has 1 aromatic rings. The third-order valence-electron chi connectivity index (χ3n) is 4.24. The zero-order valence-electron chi connectivity index (χ0n) is 13.1. The minimum Gasteiger partial charge on any atom is -0.370 e. The van der Waals surface area contributed by atoms with E-state index in [0.717, 1.165) is 24.0 Å². The van der Waals surface area contributed by atoms with Gasteiger partial charge in [-0.2, -0.15) is 0 Å². The number of Topliss-reactive ketones (excluding diaryl/α,β-unsaturated/α-hetero) is 1. The van der Waals surface area contributed by atoms with Crippen molar-refractivity contribution >= 4 is 5.78 Å². The highest BCUT2D eigenvalue weighted by Crippen LogP contribution is 2.39. The van der Waals surface area contributed by atoms with Gasteiger partial charge in [-0.1, -0.05) is 45.0 Å². The minimum atomic E-state index is 0.0964. The molecule has 2 unspecified atom stereocenters. The monoisotopic (exact) mass is 274 g/mol. The molecule has 1 aromatic carbocycles. The summed E-state index contributed by atoms with van der Waals surface area (Å²) in [5.74, 6) is 0.774. The van der Waals surface area contributed by atoms with Gasteiger partial charge in [0.05, 0.1) is 6.10 Å². The van der Waals surface area contributed by atoms with Crippen molar-refractivity contribution < 1.29 is 9.53 Å². The second-order valence-corrected chi connectivity index (χ2v) is 7.08. The van der Waals surface area contributed by atoms with Crippen LogP contribution in [0.5, 0.6) is 0 Å². The molecule has 110 valence electrons. The fraction of sp³-hybridized carbons (Fsp3) is 0.611. The van der Waals surface area contributed by atoms with E-state index in [2.05, 4.69) is 20.8 Å². The summed E-state index contributed by atoms with van der Waals surface area (Å²) in [7, 11) is 0. The fourth-order valence-electron chi connectivity index (χ4n) is 3.54. The Kier molecular flexibility index (Phi) is 4.64. The molecular weight excluding hydrogens is 248 g/mol. The summed E-state index contributed by atoms with van der Waals surface area (Å²) in [5, 5.41) is 0. The highest BCUT2D eigenvalue weighted by molar-refractivity contribution is 5.98. The van der Waals surface area contributed by atoms with Crippen molar-refractivity contribution in [2.45, 2.75) is 53.1 Å². The Labute approximate surface area is 122 Å². The SMILES string of the molecule is Cc1ccccc1C(=O)COC1CC(C)CC(C)(C)C1. The number of carbonyl (C=O) groups is 1. The van der Waals surface area contributed by atoms with Crippen LogP contribution in [0.4, 0.5) is 0 Å². The van der Waals surface area contributed by atoms with Gasteiger partial charge in [0.2, 0.25) is 0 Å². The van der Waals surface area contributed by atoms with Crippen molar-refractivity contribution in [1.29, 1.82) is 0 Å². The molecule has 0 aliphatic heterocycles. The number of benzene rings is 1. The van der Waals surface area contributed by atoms with E-state index in [1.165, 1.54) is 6.42 Å². The van der Waals surface area contributed by atoms with Gasteiger partial charge in [-0.05, 0) is 43.1 Å². The van der Waals surface area contributed by atoms with E-state index >= 15 is 0 Å². The number of hydrogen-bond acceptors (Lipinski definition) is 2. The Morgan fingerprint density at radius 1 is 1.30 bits per heavy atom. The third kappa shape index (κ3) is 3.92. The molecule has 2 heteroatoms. The van der Waals surface area contributed by atoms with Crippen LogP contribution in [0.15, 0.2) is 24.3 Å². The van der Waals surface area contributed by atoms with Gasteiger partial charge in [-0.25, -0.2) is 0 Å². The summed E-state index contributed by atoms with van der Waals surface area (Å²) in [6, 6.07) is 7.72. The van der Waals surface area contributed by atoms with Gasteiger partial charge in [-0.15, -0.1) is 0 Å². The Morgan fingerprint density at radius 3 is 2.65 bits per heavy atom. The lowest BCUT2D eigenvalue weighted by atomic mass is 9.71. The average molecular weight is 274 g/mol. The van der Waals surface area contributed by atoms with Gasteiger partial charge >= 0.3 is 0 Å². The molecule has 1 saturated carbocycles. The molecule has 20 heavy (non-hydrogen) atoms. The van der Waals surface area contributed by atoms with Crippen molar-refractivity contribution in [2.24, 2.45) is 11.3 Å². The number of aryl methyl sites for hydroxylation is 1. The Balaban J connectivity index is 1.92. The summed E-state index contributed by atoms with van der Waals surface area (Å²) in [6.45, 7) is 9.04. The van der Waals surface area contributed by atoms with Crippen molar-refractivity contribution in [3.05, 3.63) is 35.4 Å². The standard InChI is InChI=1S/C18H26O2/c1-13-9-15(11-18(3,4)10-13)20-12-17(19)16-8-6-5-7-14(16)2/h5-8,13,15H,9-12H2,1-4H3. The fourth-order valence-corrected chi connectivity index (χ4v) is 3.54. The maximum atomic E-state index is 12.2. The molecule has 0 aromatic heterocycles. The normalized spacial score (nSPS) is 25.4. The lowest BCUT2D eigenvalue weighted by Crippen LogP contribution is -2.33. The minimum absolute atomic E-state index is 0.0964. The molecule has 0 saturated heterocycles. The first-order valence-corrected chi connectivity index (χ1v) is 7.58.